The van der Waals surface area contributed by atoms with E-state index < -0.39 is 11.8 Å². The molecule has 2 heterocycles. The van der Waals surface area contributed by atoms with E-state index in [1.807, 2.05) is 0 Å². The summed E-state index contributed by atoms with van der Waals surface area (Å²) in [6.45, 7) is 6.71. The third-order valence-corrected chi connectivity index (χ3v) is 8.18. The smallest absolute Gasteiger partial charge is 0.251 e. The number of carbonyl (C=O) groups is 2. The van der Waals surface area contributed by atoms with Gasteiger partial charge in [0.1, 0.15) is 16.5 Å². The van der Waals surface area contributed by atoms with Crippen LogP contribution in [0.15, 0.2) is 40.8 Å². The summed E-state index contributed by atoms with van der Waals surface area (Å²) in [4.78, 5) is 25.9. The number of carbonyl (C=O) groups excluding carboxylic acids is 2. The molecule has 2 amide bonds. The lowest BCUT2D eigenvalue weighted by Gasteiger charge is -2.33. The number of anilines is 1. The van der Waals surface area contributed by atoms with E-state index in [1.165, 1.54) is 23.5 Å². The normalized spacial score (nSPS) is 15.4. The number of furan rings is 1. The van der Waals surface area contributed by atoms with Gasteiger partial charge in [-0.2, -0.15) is 0 Å². The highest BCUT2D eigenvalue weighted by Crippen LogP contribution is 2.44. The molecule has 1 aromatic carbocycles. The Kier molecular flexibility index (Phi) is 8.14. The van der Waals surface area contributed by atoms with Crippen LogP contribution in [0.4, 0.5) is 5.00 Å². The number of hydrogen-bond donors (Lipinski definition) is 3. The summed E-state index contributed by atoms with van der Waals surface area (Å²) in [7, 11) is 0. The van der Waals surface area contributed by atoms with E-state index in [9.17, 15) is 9.59 Å². The molecule has 1 aliphatic rings. The Morgan fingerprint density at radius 3 is 2.54 bits per heavy atom. The quantitative estimate of drug-likeness (QED) is 0.223. The van der Waals surface area contributed by atoms with Crippen molar-refractivity contribution in [2.75, 3.05) is 5.32 Å². The summed E-state index contributed by atoms with van der Waals surface area (Å²) < 4.78 is 5.77. The van der Waals surface area contributed by atoms with Crippen molar-refractivity contribution in [3.8, 4) is 11.3 Å². The van der Waals surface area contributed by atoms with Crippen molar-refractivity contribution in [1.29, 1.82) is 0 Å². The highest BCUT2D eigenvalue weighted by molar-refractivity contribution is 7.80. The number of halogens is 2. The van der Waals surface area contributed by atoms with Crippen molar-refractivity contribution in [3.63, 3.8) is 0 Å². The molecule has 4 N–H and O–H groups in total. The molecule has 0 spiro atoms. The van der Waals surface area contributed by atoms with Crippen molar-refractivity contribution < 1.29 is 14.0 Å². The van der Waals surface area contributed by atoms with E-state index in [0.717, 1.165) is 35.3 Å². The van der Waals surface area contributed by atoms with Gasteiger partial charge in [0.15, 0.2) is 5.11 Å². The van der Waals surface area contributed by atoms with Crippen molar-refractivity contribution >= 4 is 74.8 Å². The van der Waals surface area contributed by atoms with Crippen LogP contribution in [0.5, 0.6) is 0 Å². The minimum Gasteiger partial charge on any atom is -0.457 e. The van der Waals surface area contributed by atoms with Crippen LogP contribution in [0.3, 0.4) is 0 Å². The molecule has 0 aliphatic heterocycles. The van der Waals surface area contributed by atoms with Gasteiger partial charge in [-0.25, -0.2) is 0 Å². The molecule has 1 atom stereocenters. The summed E-state index contributed by atoms with van der Waals surface area (Å²) >= 11 is 18.9. The van der Waals surface area contributed by atoms with Gasteiger partial charge in [0.2, 0.25) is 5.91 Å². The van der Waals surface area contributed by atoms with E-state index in [2.05, 4.69) is 31.4 Å². The van der Waals surface area contributed by atoms with Gasteiger partial charge >= 0.3 is 0 Å². The van der Waals surface area contributed by atoms with Crippen LogP contribution in [0, 0.1) is 11.3 Å². The van der Waals surface area contributed by atoms with Crippen molar-refractivity contribution in [2.45, 2.75) is 40.0 Å². The van der Waals surface area contributed by atoms with Gasteiger partial charge in [-0.3, -0.25) is 14.9 Å². The molecule has 4 rings (SSSR count). The minimum atomic E-state index is -0.502. The van der Waals surface area contributed by atoms with Crippen LogP contribution in [0.1, 0.15) is 53.8 Å². The monoisotopic (exact) mass is 575 g/mol. The van der Waals surface area contributed by atoms with Crippen LogP contribution in [0.2, 0.25) is 10.0 Å². The number of thiophene rings is 1. The number of thiocarbonyl (C=S) groups is 1. The number of rotatable bonds is 5. The van der Waals surface area contributed by atoms with Crippen LogP contribution in [-0.4, -0.2) is 16.9 Å². The van der Waals surface area contributed by atoms with Crippen LogP contribution < -0.4 is 16.4 Å². The van der Waals surface area contributed by atoms with E-state index in [1.54, 1.807) is 30.3 Å². The maximum atomic E-state index is 12.5. The number of primary amides is 1. The zero-order valence-corrected chi connectivity index (χ0v) is 23.8. The Bertz CT molecular complexity index is 1380. The molecule has 0 fully saturated rings. The molecule has 0 saturated carbocycles. The summed E-state index contributed by atoms with van der Waals surface area (Å²) in [5, 5.41) is 7.25. The lowest BCUT2D eigenvalue weighted by Crippen LogP contribution is -2.33. The predicted octanol–water partition coefficient (Wildman–Crippen LogP) is 7.09. The van der Waals surface area contributed by atoms with E-state index in [0.29, 0.717) is 38.0 Å². The first-order chi connectivity index (χ1) is 17.4. The van der Waals surface area contributed by atoms with Crippen LogP contribution >= 0.6 is 46.8 Å². The van der Waals surface area contributed by atoms with Gasteiger partial charge in [-0.1, -0.05) is 44.0 Å². The molecule has 2 aromatic heterocycles. The van der Waals surface area contributed by atoms with Gasteiger partial charge in [0, 0.05) is 26.6 Å². The fraction of sp³-hybridized carbons (Fsp3) is 0.296. The fourth-order valence-electron chi connectivity index (χ4n) is 4.41. The fourth-order valence-corrected chi connectivity index (χ4v) is 6.54. The Morgan fingerprint density at radius 1 is 1.19 bits per heavy atom. The molecule has 0 radical (unpaired) electrons. The lowest BCUT2D eigenvalue weighted by atomic mass is 9.72. The standard InChI is InChI=1S/C27H27Cl2N3O3S2/c1-27(2,3)15-4-7-19-21(12-15)37-25(23(19)24(30)34)32-26(36)31-22(33)9-6-18-5-8-20(35-18)14-10-16(28)13-17(29)11-14/h5-6,8-11,13,15H,4,7,12H2,1-3H3,(H2,30,34)(H2,31,32,33,36)/b9-6+/t15-/m1/s1. The zero-order valence-electron chi connectivity index (χ0n) is 20.6. The average molecular weight is 577 g/mol. The van der Waals surface area contributed by atoms with Gasteiger partial charge in [-0.15, -0.1) is 11.3 Å². The second-order valence-corrected chi connectivity index (χ2v) is 12.4. The molecule has 6 nitrogen and oxygen atoms in total. The molecule has 194 valence electrons. The summed E-state index contributed by atoms with van der Waals surface area (Å²) in [5.41, 5.74) is 8.07. The van der Waals surface area contributed by atoms with Gasteiger partial charge in [0.05, 0.1) is 5.56 Å². The minimum absolute atomic E-state index is 0.0804. The highest BCUT2D eigenvalue weighted by Gasteiger charge is 2.33. The van der Waals surface area contributed by atoms with Crippen molar-refractivity contribution in [2.24, 2.45) is 17.1 Å². The third kappa shape index (κ3) is 6.62. The molecule has 1 aliphatic carbocycles. The molecule has 10 heteroatoms. The highest BCUT2D eigenvalue weighted by atomic mass is 35.5. The third-order valence-electron chi connectivity index (χ3n) is 6.37. The Balaban J connectivity index is 1.41. The Labute approximate surface area is 235 Å². The number of fused-ring (bicyclic) bond motifs is 1. The molecular formula is C27H27Cl2N3O3S2. The second-order valence-electron chi connectivity index (χ2n) is 10.0. The number of benzene rings is 1. The topological polar surface area (TPSA) is 97.4 Å². The van der Waals surface area contributed by atoms with Crippen molar-refractivity contribution in [3.05, 3.63) is 68.2 Å². The van der Waals surface area contributed by atoms with E-state index in [-0.39, 0.29) is 10.5 Å². The summed E-state index contributed by atoms with van der Waals surface area (Å²) in [6.07, 6.45) is 5.52. The summed E-state index contributed by atoms with van der Waals surface area (Å²) in [5.74, 6) is 0.599. The predicted molar refractivity (Wildman–Crippen MR) is 155 cm³/mol. The molecule has 0 bridgehead atoms. The van der Waals surface area contributed by atoms with E-state index >= 15 is 0 Å². The Morgan fingerprint density at radius 2 is 1.89 bits per heavy atom. The molecule has 3 aromatic rings. The maximum Gasteiger partial charge on any atom is 0.251 e. The summed E-state index contributed by atoms with van der Waals surface area (Å²) in [6, 6.07) is 8.60. The first kappa shape index (κ1) is 27.4. The number of nitrogens with one attached hydrogen (secondary N) is 2. The van der Waals surface area contributed by atoms with Crippen LogP contribution in [-0.2, 0) is 17.6 Å². The number of hydrogen-bond acceptors (Lipinski definition) is 5. The first-order valence-electron chi connectivity index (χ1n) is 11.7. The van der Waals surface area contributed by atoms with Gasteiger partial charge in [0.25, 0.3) is 5.91 Å². The second kappa shape index (κ2) is 11.0. The largest absolute Gasteiger partial charge is 0.457 e. The molecule has 0 saturated heterocycles. The number of nitrogens with two attached hydrogens (primary N) is 1. The molecule has 37 heavy (non-hydrogen) atoms. The van der Waals surface area contributed by atoms with E-state index in [4.69, 9.17) is 45.6 Å². The zero-order chi connectivity index (χ0) is 26.9. The average Bonchev–Trinajstić information content (AvgIpc) is 3.40. The SMILES string of the molecule is CC(C)(C)[C@@H]1CCc2c(sc(NC(=S)NC(=O)/C=C/c3ccc(-c4cc(Cl)cc(Cl)c4)o3)c2C(N)=O)C1. The molecular weight excluding hydrogens is 549 g/mol. The first-order valence-corrected chi connectivity index (χ1v) is 13.7. The van der Waals surface area contributed by atoms with Crippen molar-refractivity contribution in [1.82, 2.24) is 5.32 Å². The van der Waals surface area contributed by atoms with Gasteiger partial charge < -0.3 is 15.5 Å². The maximum absolute atomic E-state index is 12.5. The molecule has 0 unspecified atom stereocenters. The van der Waals surface area contributed by atoms with Gasteiger partial charge in [-0.05, 0) is 84.8 Å². The lowest BCUT2D eigenvalue weighted by molar-refractivity contribution is -0.115. The van der Waals surface area contributed by atoms with Crippen LogP contribution in [0.25, 0.3) is 17.4 Å². The Hall–Kier alpha value is -2.65. The number of amides is 2.